The molecule has 1 atom stereocenters. The normalized spacial score (nSPS) is 18.9. The fraction of sp³-hybridized carbons (Fsp3) is 0.714. The van der Waals surface area contributed by atoms with Gasteiger partial charge in [-0.15, -0.1) is 0 Å². The maximum Gasteiger partial charge on any atom is 0.124 e. The van der Waals surface area contributed by atoms with Gasteiger partial charge in [-0.3, -0.25) is 0 Å². The van der Waals surface area contributed by atoms with Crippen molar-refractivity contribution in [1.29, 1.82) is 0 Å². The highest BCUT2D eigenvalue weighted by Crippen LogP contribution is 2.43. The van der Waals surface area contributed by atoms with Gasteiger partial charge in [-0.05, 0) is 46.8 Å². The second-order valence-corrected chi connectivity index (χ2v) is 9.39. The summed E-state index contributed by atoms with van der Waals surface area (Å²) >= 11 is 0. The van der Waals surface area contributed by atoms with Crippen LogP contribution in [0.3, 0.4) is 0 Å². The van der Waals surface area contributed by atoms with Crippen LogP contribution in [0.25, 0.3) is 0 Å². The highest BCUT2D eigenvalue weighted by molar-refractivity contribution is 5.50. The number of benzene rings is 1. The van der Waals surface area contributed by atoms with Crippen molar-refractivity contribution in [1.82, 2.24) is 0 Å². The van der Waals surface area contributed by atoms with Crippen LogP contribution in [0.5, 0.6) is 5.75 Å². The topological polar surface area (TPSA) is 46.2 Å². The Morgan fingerprint density at radius 3 is 2.00 bits per heavy atom. The molecule has 0 saturated heterocycles. The van der Waals surface area contributed by atoms with Crippen LogP contribution in [0.2, 0.25) is 0 Å². The zero-order valence-electron chi connectivity index (χ0n) is 15.9. The fourth-order valence-electron chi connectivity index (χ4n) is 3.66. The molecule has 2 heteroatoms. The quantitative estimate of drug-likeness (QED) is 0.749. The Morgan fingerprint density at radius 2 is 1.52 bits per heavy atom. The van der Waals surface area contributed by atoms with E-state index in [1.165, 1.54) is 37.7 Å². The van der Waals surface area contributed by atoms with Gasteiger partial charge < -0.3 is 10.8 Å². The number of rotatable bonds is 2. The monoisotopic (exact) mass is 317 g/mol. The molecular weight excluding hydrogens is 282 g/mol. The molecule has 2 nitrogen and oxygen atoms in total. The molecule has 0 unspecified atom stereocenters. The van der Waals surface area contributed by atoms with Crippen molar-refractivity contribution in [3.63, 3.8) is 0 Å². The first kappa shape index (κ1) is 18.3. The van der Waals surface area contributed by atoms with Gasteiger partial charge in [-0.25, -0.2) is 0 Å². The number of phenolic OH excluding ortho intramolecular Hbond substituents is 1. The van der Waals surface area contributed by atoms with E-state index in [9.17, 15) is 5.11 Å². The number of aromatic hydroxyl groups is 1. The van der Waals surface area contributed by atoms with Crippen LogP contribution in [0.15, 0.2) is 12.1 Å². The molecule has 0 aliphatic heterocycles. The Morgan fingerprint density at radius 1 is 0.957 bits per heavy atom. The summed E-state index contributed by atoms with van der Waals surface area (Å²) in [6.07, 6.45) is 6.23. The lowest BCUT2D eigenvalue weighted by Crippen LogP contribution is -2.26. The molecule has 1 aliphatic rings. The predicted molar refractivity (Wildman–Crippen MR) is 99.0 cm³/mol. The molecule has 1 fully saturated rings. The third-order valence-corrected chi connectivity index (χ3v) is 5.33. The third kappa shape index (κ3) is 4.09. The maximum atomic E-state index is 10.9. The van der Waals surface area contributed by atoms with Crippen molar-refractivity contribution >= 4 is 0 Å². The van der Waals surface area contributed by atoms with Gasteiger partial charge in [0.1, 0.15) is 5.75 Å². The molecule has 0 heterocycles. The van der Waals surface area contributed by atoms with Crippen LogP contribution in [0.4, 0.5) is 0 Å². The number of hydrogen-bond donors (Lipinski definition) is 2. The number of nitrogens with two attached hydrogens (primary N) is 1. The van der Waals surface area contributed by atoms with Crippen molar-refractivity contribution in [3.8, 4) is 5.75 Å². The molecule has 0 aromatic heterocycles. The summed E-state index contributed by atoms with van der Waals surface area (Å²) in [7, 11) is 0. The SMILES string of the molecule is CC(C)(C)c1cc([C@H](N)C2CCCCC2)c(O)c(C(C)(C)C)c1. The number of phenols is 1. The van der Waals surface area contributed by atoms with E-state index < -0.39 is 0 Å². The van der Waals surface area contributed by atoms with Crippen molar-refractivity contribution < 1.29 is 5.11 Å². The summed E-state index contributed by atoms with van der Waals surface area (Å²) in [4.78, 5) is 0. The van der Waals surface area contributed by atoms with E-state index in [2.05, 4.69) is 53.7 Å². The Balaban J connectivity index is 2.52. The van der Waals surface area contributed by atoms with Crippen LogP contribution in [0, 0.1) is 5.92 Å². The van der Waals surface area contributed by atoms with Crippen molar-refractivity contribution in [2.75, 3.05) is 0 Å². The van der Waals surface area contributed by atoms with Gasteiger partial charge in [0.25, 0.3) is 0 Å². The van der Waals surface area contributed by atoms with Gasteiger partial charge in [-0.1, -0.05) is 66.9 Å². The highest BCUT2D eigenvalue weighted by Gasteiger charge is 2.30. The molecule has 0 spiro atoms. The largest absolute Gasteiger partial charge is 0.507 e. The minimum Gasteiger partial charge on any atom is -0.507 e. The first-order valence-electron chi connectivity index (χ1n) is 9.15. The van der Waals surface area contributed by atoms with Gasteiger partial charge in [-0.2, -0.15) is 0 Å². The average molecular weight is 318 g/mol. The maximum absolute atomic E-state index is 10.9. The van der Waals surface area contributed by atoms with Crippen LogP contribution >= 0.6 is 0 Å². The molecule has 3 N–H and O–H groups in total. The Bertz CT molecular complexity index is 542. The summed E-state index contributed by atoms with van der Waals surface area (Å²) in [6, 6.07) is 4.27. The van der Waals surface area contributed by atoms with E-state index in [0.717, 1.165) is 11.1 Å². The van der Waals surface area contributed by atoms with E-state index in [1.807, 2.05) is 0 Å². The lowest BCUT2D eigenvalue weighted by Gasteiger charge is -2.32. The average Bonchev–Trinajstić information content (AvgIpc) is 2.45. The van der Waals surface area contributed by atoms with E-state index in [1.54, 1.807) is 0 Å². The Hall–Kier alpha value is -1.02. The van der Waals surface area contributed by atoms with E-state index in [4.69, 9.17) is 5.73 Å². The van der Waals surface area contributed by atoms with Crippen molar-refractivity contribution in [2.24, 2.45) is 11.7 Å². The summed E-state index contributed by atoms with van der Waals surface area (Å²) in [5.41, 5.74) is 9.83. The summed E-state index contributed by atoms with van der Waals surface area (Å²) in [5, 5.41) is 10.9. The van der Waals surface area contributed by atoms with Crippen LogP contribution < -0.4 is 5.73 Å². The van der Waals surface area contributed by atoms with Gasteiger partial charge >= 0.3 is 0 Å². The van der Waals surface area contributed by atoms with E-state index >= 15 is 0 Å². The lowest BCUT2D eigenvalue weighted by molar-refractivity contribution is 0.301. The van der Waals surface area contributed by atoms with Crippen molar-refractivity contribution in [3.05, 3.63) is 28.8 Å². The summed E-state index contributed by atoms with van der Waals surface area (Å²) < 4.78 is 0. The highest BCUT2D eigenvalue weighted by atomic mass is 16.3. The molecule has 1 aromatic carbocycles. The minimum atomic E-state index is -0.0909. The second kappa shape index (κ2) is 6.47. The fourth-order valence-corrected chi connectivity index (χ4v) is 3.66. The molecule has 0 radical (unpaired) electrons. The molecule has 0 bridgehead atoms. The standard InChI is InChI=1S/C21H35NO/c1-20(2,3)15-12-16(18(22)14-10-8-7-9-11-14)19(23)17(13-15)21(4,5)6/h12-14,18,23H,7-11,22H2,1-6H3/t18-/m1/s1. The minimum absolute atomic E-state index is 0.0503. The van der Waals surface area contributed by atoms with Gasteiger partial charge in [0.05, 0.1) is 0 Å². The predicted octanol–water partition coefficient (Wildman–Crippen LogP) is 5.57. The van der Waals surface area contributed by atoms with Crippen LogP contribution in [-0.2, 0) is 10.8 Å². The summed E-state index contributed by atoms with van der Waals surface area (Å²) in [6.45, 7) is 13.1. The molecule has 1 aromatic rings. The molecule has 0 amide bonds. The zero-order chi connectivity index (χ0) is 17.4. The molecule has 2 rings (SSSR count). The van der Waals surface area contributed by atoms with E-state index in [-0.39, 0.29) is 16.9 Å². The van der Waals surface area contributed by atoms with Crippen LogP contribution in [-0.4, -0.2) is 5.11 Å². The smallest absolute Gasteiger partial charge is 0.124 e. The Kier molecular flexibility index (Phi) is 5.15. The summed E-state index contributed by atoms with van der Waals surface area (Å²) in [5.74, 6) is 0.918. The zero-order valence-corrected chi connectivity index (χ0v) is 15.9. The lowest BCUT2D eigenvalue weighted by atomic mass is 9.75. The number of hydrogen-bond acceptors (Lipinski definition) is 2. The third-order valence-electron chi connectivity index (χ3n) is 5.33. The molecule has 23 heavy (non-hydrogen) atoms. The first-order chi connectivity index (χ1) is 10.5. The molecule has 1 aliphatic carbocycles. The van der Waals surface area contributed by atoms with E-state index in [0.29, 0.717) is 11.7 Å². The molecular formula is C21H35NO. The second-order valence-electron chi connectivity index (χ2n) is 9.39. The van der Waals surface area contributed by atoms with Crippen LogP contribution in [0.1, 0.15) is 96.4 Å². The van der Waals surface area contributed by atoms with Crippen molar-refractivity contribution in [2.45, 2.75) is 90.5 Å². The molecule has 130 valence electrons. The van der Waals surface area contributed by atoms with Gasteiger partial charge in [0.15, 0.2) is 0 Å². The van der Waals surface area contributed by atoms with Gasteiger partial charge in [0.2, 0.25) is 0 Å². The Labute approximate surface area is 142 Å². The first-order valence-corrected chi connectivity index (χ1v) is 9.15. The molecule has 1 saturated carbocycles. The van der Waals surface area contributed by atoms with Gasteiger partial charge in [0, 0.05) is 11.6 Å².